The molecule has 0 unspecified atom stereocenters. The monoisotopic (exact) mass is 366 g/mol. The molecule has 0 aliphatic rings. The Labute approximate surface area is 155 Å². The van der Waals surface area contributed by atoms with Gasteiger partial charge < -0.3 is 10.1 Å². The molecule has 2 N–H and O–H groups in total. The van der Waals surface area contributed by atoms with Gasteiger partial charge in [-0.3, -0.25) is 9.78 Å². The number of ether oxygens (including phenoxy) is 1. The largest absolute Gasteiger partial charge is 0.497 e. The summed E-state index contributed by atoms with van der Waals surface area (Å²) in [4.78, 5) is 19.2. The molecule has 26 heavy (non-hydrogen) atoms. The summed E-state index contributed by atoms with van der Waals surface area (Å²) in [6, 6.07) is 16.3. The molecule has 0 spiro atoms. The minimum absolute atomic E-state index is 0.0431. The van der Waals surface area contributed by atoms with Gasteiger partial charge >= 0.3 is 0 Å². The van der Waals surface area contributed by atoms with E-state index < -0.39 is 5.56 Å². The predicted octanol–water partition coefficient (Wildman–Crippen LogP) is 3.58. The van der Waals surface area contributed by atoms with Crippen molar-refractivity contribution in [1.82, 2.24) is 9.97 Å². The molecule has 1 heterocycles. The van der Waals surface area contributed by atoms with E-state index in [0.29, 0.717) is 28.6 Å². The van der Waals surface area contributed by atoms with Crippen LogP contribution in [0.5, 0.6) is 5.75 Å². The summed E-state index contributed by atoms with van der Waals surface area (Å²) >= 11 is 6.14. The van der Waals surface area contributed by atoms with Crippen LogP contribution in [0, 0.1) is 11.3 Å². The van der Waals surface area contributed by atoms with Crippen LogP contribution in [-0.2, 0) is 6.54 Å². The molecule has 0 bridgehead atoms. The van der Waals surface area contributed by atoms with Gasteiger partial charge in [0.25, 0.3) is 5.56 Å². The van der Waals surface area contributed by atoms with Crippen LogP contribution in [0.2, 0.25) is 5.02 Å². The standard InChI is InChI=1S/C19H15ClN4O2/c1-26-14-8-6-12(7-9-14)17-15(10-21)18(25)24-19(23-17)22-11-13-4-2-3-5-16(13)20/h2-9H,11H2,1H3,(H2,22,23,24,25). The highest BCUT2D eigenvalue weighted by Crippen LogP contribution is 2.23. The summed E-state index contributed by atoms with van der Waals surface area (Å²) in [5.74, 6) is 0.939. The van der Waals surface area contributed by atoms with Crippen molar-refractivity contribution < 1.29 is 4.74 Å². The second-order valence-electron chi connectivity index (χ2n) is 5.42. The maximum absolute atomic E-state index is 12.3. The van der Waals surface area contributed by atoms with Gasteiger partial charge in [0.05, 0.1) is 12.8 Å². The van der Waals surface area contributed by atoms with E-state index in [-0.39, 0.29) is 11.5 Å². The zero-order valence-corrected chi connectivity index (χ0v) is 14.7. The van der Waals surface area contributed by atoms with Crippen LogP contribution in [0.3, 0.4) is 0 Å². The number of anilines is 1. The number of nitrogens with zero attached hydrogens (tertiary/aromatic N) is 2. The predicted molar refractivity (Wildman–Crippen MR) is 100 cm³/mol. The fourth-order valence-corrected chi connectivity index (χ4v) is 2.64. The highest BCUT2D eigenvalue weighted by Gasteiger charge is 2.13. The first-order valence-electron chi connectivity index (χ1n) is 7.78. The quantitative estimate of drug-likeness (QED) is 0.720. The van der Waals surface area contributed by atoms with Crippen LogP contribution in [0.15, 0.2) is 53.3 Å². The second-order valence-corrected chi connectivity index (χ2v) is 5.83. The number of hydrogen-bond acceptors (Lipinski definition) is 5. The van der Waals surface area contributed by atoms with Gasteiger partial charge in [-0.25, -0.2) is 4.98 Å². The van der Waals surface area contributed by atoms with E-state index in [2.05, 4.69) is 15.3 Å². The van der Waals surface area contributed by atoms with Crippen molar-refractivity contribution in [2.45, 2.75) is 6.54 Å². The number of benzene rings is 2. The van der Waals surface area contributed by atoms with Crippen molar-refractivity contribution in [3.63, 3.8) is 0 Å². The van der Waals surface area contributed by atoms with Crippen LogP contribution < -0.4 is 15.6 Å². The lowest BCUT2D eigenvalue weighted by Gasteiger charge is -2.10. The molecule has 0 atom stereocenters. The maximum atomic E-state index is 12.3. The van der Waals surface area contributed by atoms with E-state index in [1.807, 2.05) is 24.3 Å². The Morgan fingerprint density at radius 3 is 2.62 bits per heavy atom. The third-order valence-electron chi connectivity index (χ3n) is 3.80. The first-order chi connectivity index (χ1) is 12.6. The highest BCUT2D eigenvalue weighted by atomic mass is 35.5. The van der Waals surface area contributed by atoms with Crippen LogP contribution >= 0.6 is 11.6 Å². The topological polar surface area (TPSA) is 90.8 Å². The van der Waals surface area contributed by atoms with E-state index >= 15 is 0 Å². The number of halogens is 1. The van der Waals surface area contributed by atoms with Gasteiger partial charge in [0.2, 0.25) is 5.95 Å². The smallest absolute Gasteiger partial charge is 0.270 e. The molecule has 2 aromatic carbocycles. The Morgan fingerprint density at radius 2 is 1.96 bits per heavy atom. The summed E-state index contributed by atoms with van der Waals surface area (Å²) in [5.41, 5.74) is 1.27. The number of H-pyrrole nitrogens is 1. The lowest BCUT2D eigenvalue weighted by Crippen LogP contribution is -2.17. The highest BCUT2D eigenvalue weighted by molar-refractivity contribution is 6.31. The number of nitrogens with one attached hydrogen (secondary N) is 2. The molecule has 3 aromatic rings. The number of nitriles is 1. The van der Waals surface area contributed by atoms with Crippen LogP contribution in [0.4, 0.5) is 5.95 Å². The molecular weight excluding hydrogens is 352 g/mol. The lowest BCUT2D eigenvalue weighted by molar-refractivity contribution is 0.415. The van der Waals surface area contributed by atoms with Crippen molar-refractivity contribution in [1.29, 1.82) is 5.26 Å². The zero-order chi connectivity index (χ0) is 18.5. The molecule has 0 amide bonds. The second kappa shape index (κ2) is 7.72. The lowest BCUT2D eigenvalue weighted by atomic mass is 10.1. The van der Waals surface area contributed by atoms with E-state index in [9.17, 15) is 10.1 Å². The fourth-order valence-electron chi connectivity index (χ4n) is 2.44. The van der Waals surface area contributed by atoms with Crippen molar-refractivity contribution in [3.8, 4) is 23.1 Å². The summed E-state index contributed by atoms with van der Waals surface area (Å²) in [6.45, 7) is 0.385. The third-order valence-corrected chi connectivity index (χ3v) is 4.17. The number of aromatic amines is 1. The molecule has 130 valence electrons. The summed E-state index contributed by atoms with van der Waals surface area (Å²) in [6.07, 6.45) is 0. The normalized spacial score (nSPS) is 10.2. The van der Waals surface area contributed by atoms with Crippen molar-refractivity contribution in [2.24, 2.45) is 0 Å². The number of aromatic nitrogens is 2. The van der Waals surface area contributed by atoms with Crippen LogP contribution in [0.25, 0.3) is 11.3 Å². The van der Waals surface area contributed by atoms with Gasteiger partial charge in [-0.05, 0) is 35.9 Å². The first kappa shape index (κ1) is 17.5. The molecule has 6 nitrogen and oxygen atoms in total. The average Bonchev–Trinajstić information content (AvgIpc) is 2.67. The van der Waals surface area contributed by atoms with Crippen molar-refractivity contribution in [3.05, 3.63) is 75.0 Å². The van der Waals surface area contributed by atoms with Crippen molar-refractivity contribution in [2.75, 3.05) is 12.4 Å². The Bertz CT molecular complexity index is 1020. The zero-order valence-electron chi connectivity index (χ0n) is 13.9. The average molecular weight is 367 g/mol. The van der Waals surface area contributed by atoms with Gasteiger partial charge in [-0.15, -0.1) is 0 Å². The van der Waals surface area contributed by atoms with Gasteiger partial charge in [0.15, 0.2) is 0 Å². The molecule has 3 rings (SSSR count). The molecule has 7 heteroatoms. The molecule has 0 aliphatic carbocycles. The van der Waals surface area contributed by atoms with Crippen LogP contribution in [-0.4, -0.2) is 17.1 Å². The van der Waals surface area contributed by atoms with E-state index in [1.54, 1.807) is 37.4 Å². The molecule has 0 fully saturated rings. The Hall–Kier alpha value is -3.30. The van der Waals surface area contributed by atoms with E-state index in [0.717, 1.165) is 5.56 Å². The number of hydrogen-bond donors (Lipinski definition) is 2. The van der Waals surface area contributed by atoms with Gasteiger partial charge in [-0.2, -0.15) is 5.26 Å². The molecule has 0 aliphatic heterocycles. The summed E-state index contributed by atoms with van der Waals surface area (Å²) < 4.78 is 5.13. The van der Waals surface area contributed by atoms with Crippen LogP contribution in [0.1, 0.15) is 11.1 Å². The van der Waals surface area contributed by atoms with Gasteiger partial charge in [0, 0.05) is 17.1 Å². The molecular formula is C19H15ClN4O2. The first-order valence-corrected chi connectivity index (χ1v) is 8.16. The fraction of sp³-hybridized carbons (Fsp3) is 0.105. The van der Waals surface area contributed by atoms with Gasteiger partial charge in [0.1, 0.15) is 17.4 Å². The molecule has 1 aromatic heterocycles. The van der Waals surface area contributed by atoms with Crippen molar-refractivity contribution >= 4 is 17.5 Å². The number of methoxy groups -OCH3 is 1. The molecule has 0 saturated carbocycles. The molecule has 0 saturated heterocycles. The minimum atomic E-state index is -0.505. The number of rotatable bonds is 5. The SMILES string of the molecule is COc1ccc(-c2nc(NCc3ccccc3Cl)[nH]c(=O)c2C#N)cc1. The Balaban J connectivity index is 1.95. The van der Waals surface area contributed by atoms with E-state index in [4.69, 9.17) is 16.3 Å². The summed E-state index contributed by atoms with van der Waals surface area (Å²) in [7, 11) is 1.57. The third kappa shape index (κ3) is 3.68. The van der Waals surface area contributed by atoms with Gasteiger partial charge in [-0.1, -0.05) is 29.8 Å². The maximum Gasteiger partial charge on any atom is 0.270 e. The van der Waals surface area contributed by atoms with E-state index in [1.165, 1.54) is 0 Å². The molecule has 0 radical (unpaired) electrons. The minimum Gasteiger partial charge on any atom is -0.497 e. The Morgan fingerprint density at radius 1 is 1.23 bits per heavy atom. The summed E-state index contributed by atoms with van der Waals surface area (Å²) in [5, 5.41) is 13.0. The Kier molecular flexibility index (Phi) is 5.20.